The van der Waals surface area contributed by atoms with Crippen molar-refractivity contribution in [3.63, 3.8) is 0 Å². The minimum Gasteiger partial charge on any atom is -0.359 e. The number of hydrogen-bond acceptors (Lipinski definition) is 7. The lowest BCUT2D eigenvalue weighted by Crippen LogP contribution is -2.30. The van der Waals surface area contributed by atoms with Crippen molar-refractivity contribution < 1.29 is 9.32 Å². The summed E-state index contributed by atoms with van der Waals surface area (Å²) in [7, 11) is 0. The normalized spacial score (nSPS) is 10.3. The molecule has 0 atom stereocenters. The van der Waals surface area contributed by atoms with Crippen molar-refractivity contribution in [2.45, 2.75) is 13.5 Å². The monoisotopic (exact) mass is 293 g/mol. The van der Waals surface area contributed by atoms with Crippen molar-refractivity contribution in [2.24, 2.45) is 5.84 Å². The molecule has 106 valence electrons. The Bertz CT molecular complexity index is 560. The fourth-order valence-corrected chi connectivity index (χ4v) is 2.37. The van der Waals surface area contributed by atoms with E-state index in [4.69, 9.17) is 10.4 Å². The summed E-state index contributed by atoms with van der Waals surface area (Å²) >= 11 is 1.63. The van der Waals surface area contributed by atoms with E-state index >= 15 is 0 Å². The van der Waals surface area contributed by atoms with Crippen LogP contribution < -0.4 is 15.6 Å². The van der Waals surface area contributed by atoms with Crippen LogP contribution in [0.5, 0.6) is 0 Å². The third-order valence-corrected chi connectivity index (χ3v) is 3.35. The molecule has 1 amide bonds. The maximum absolute atomic E-state index is 11.3. The molecule has 0 aromatic carbocycles. The molecule has 0 spiro atoms. The van der Waals surface area contributed by atoms with Crippen LogP contribution >= 0.6 is 11.9 Å². The van der Waals surface area contributed by atoms with Crippen LogP contribution in [0.25, 0.3) is 0 Å². The fraction of sp³-hybridized carbons (Fsp3) is 0.250. The van der Waals surface area contributed by atoms with Gasteiger partial charge >= 0.3 is 0 Å². The summed E-state index contributed by atoms with van der Waals surface area (Å²) in [5.74, 6) is 6.05. The molecule has 0 aliphatic carbocycles. The van der Waals surface area contributed by atoms with Crippen LogP contribution in [0.1, 0.15) is 23.2 Å². The van der Waals surface area contributed by atoms with E-state index in [9.17, 15) is 4.79 Å². The highest BCUT2D eigenvalue weighted by Crippen LogP contribution is 2.24. The molecule has 0 radical (unpaired) electrons. The number of nitrogens with two attached hydrogens (primary N) is 1. The molecule has 8 heteroatoms. The van der Waals surface area contributed by atoms with Gasteiger partial charge in [0.2, 0.25) is 0 Å². The number of hydrogen-bond donors (Lipinski definition) is 2. The zero-order valence-corrected chi connectivity index (χ0v) is 11.8. The molecular weight excluding hydrogens is 278 g/mol. The second-order valence-electron chi connectivity index (χ2n) is 3.82. The molecule has 2 rings (SSSR count). The van der Waals surface area contributed by atoms with E-state index in [1.807, 2.05) is 21.9 Å². The largest absolute Gasteiger partial charge is 0.359 e. The van der Waals surface area contributed by atoms with Crippen molar-refractivity contribution in [1.82, 2.24) is 15.6 Å². The first kappa shape index (κ1) is 14.4. The predicted molar refractivity (Wildman–Crippen MR) is 76.7 cm³/mol. The van der Waals surface area contributed by atoms with Crippen LogP contribution in [0.4, 0.5) is 5.69 Å². The number of rotatable bonds is 6. The maximum Gasteiger partial charge on any atom is 0.287 e. The smallest absolute Gasteiger partial charge is 0.287 e. The molecule has 7 nitrogen and oxygen atoms in total. The molecule has 2 aromatic rings. The van der Waals surface area contributed by atoms with Gasteiger partial charge in [-0.05, 0) is 24.1 Å². The molecule has 2 heterocycles. The van der Waals surface area contributed by atoms with E-state index in [1.165, 1.54) is 0 Å². The quantitative estimate of drug-likeness (QED) is 0.359. The first-order valence-corrected chi connectivity index (χ1v) is 6.96. The molecule has 0 unspecified atom stereocenters. The second-order valence-corrected chi connectivity index (χ2v) is 5.09. The van der Waals surface area contributed by atoms with Gasteiger partial charge in [0.1, 0.15) is 0 Å². The number of carbonyl (C=O) groups is 1. The summed E-state index contributed by atoms with van der Waals surface area (Å²) in [5, 5.41) is 3.68. The first-order valence-electron chi connectivity index (χ1n) is 6.01. The third-order valence-electron chi connectivity index (χ3n) is 2.44. The van der Waals surface area contributed by atoms with Gasteiger partial charge < -0.3 is 8.83 Å². The highest BCUT2D eigenvalue weighted by molar-refractivity contribution is 8.00. The molecule has 3 N–H and O–H groups in total. The van der Waals surface area contributed by atoms with Gasteiger partial charge in [0.05, 0.1) is 18.4 Å². The Morgan fingerprint density at radius 2 is 2.45 bits per heavy atom. The Labute approximate surface area is 120 Å². The average Bonchev–Trinajstić information content (AvgIpc) is 2.95. The predicted octanol–water partition coefficient (Wildman–Crippen LogP) is 1.35. The van der Waals surface area contributed by atoms with E-state index in [0.29, 0.717) is 12.3 Å². The van der Waals surface area contributed by atoms with Crippen LogP contribution in [-0.4, -0.2) is 21.8 Å². The lowest BCUT2D eigenvalue weighted by atomic mass is 10.3. The van der Waals surface area contributed by atoms with Gasteiger partial charge in [0.15, 0.2) is 11.5 Å². The standard InChI is InChI=1S/C12H15N5O2S/c1-2-20-17(9-4-3-5-14-7-9)8-10-6-11(16-19-10)12(18)15-13/h3-7H,2,8,13H2,1H3,(H,15,18). The van der Waals surface area contributed by atoms with E-state index in [2.05, 4.69) is 17.1 Å². The molecule has 2 aromatic heterocycles. The molecule has 0 fully saturated rings. The fourth-order valence-electron chi connectivity index (χ4n) is 1.58. The number of aromatic nitrogens is 2. The van der Waals surface area contributed by atoms with Crippen LogP contribution in [0.2, 0.25) is 0 Å². The summed E-state index contributed by atoms with van der Waals surface area (Å²) in [6.45, 7) is 2.54. The number of amides is 1. The number of nitrogens with one attached hydrogen (secondary N) is 1. The number of anilines is 1. The van der Waals surface area contributed by atoms with Crippen LogP contribution in [0.3, 0.4) is 0 Å². The minimum absolute atomic E-state index is 0.162. The zero-order valence-electron chi connectivity index (χ0n) is 10.9. The Hall–Kier alpha value is -2.06. The summed E-state index contributed by atoms with van der Waals surface area (Å²) in [5.41, 5.74) is 3.14. The minimum atomic E-state index is -0.476. The molecule has 0 saturated heterocycles. The Balaban J connectivity index is 2.12. The number of nitrogens with zero attached hydrogens (tertiary/aromatic N) is 3. The Morgan fingerprint density at radius 1 is 1.60 bits per heavy atom. The molecule has 20 heavy (non-hydrogen) atoms. The van der Waals surface area contributed by atoms with Gasteiger partial charge in [0.25, 0.3) is 5.91 Å². The average molecular weight is 293 g/mol. The van der Waals surface area contributed by atoms with E-state index in [1.54, 1.807) is 30.4 Å². The third kappa shape index (κ3) is 3.49. The van der Waals surface area contributed by atoms with Crippen molar-refractivity contribution in [2.75, 3.05) is 10.1 Å². The number of carbonyl (C=O) groups excluding carboxylic acids is 1. The van der Waals surface area contributed by atoms with E-state index < -0.39 is 5.91 Å². The molecule has 0 aliphatic rings. The Kier molecular flexibility index (Phi) is 4.97. The van der Waals surface area contributed by atoms with Crippen molar-refractivity contribution >= 4 is 23.5 Å². The SMILES string of the molecule is CCSN(Cc1cc(C(=O)NN)no1)c1cccnc1. The topological polar surface area (TPSA) is 97.3 Å². The zero-order chi connectivity index (χ0) is 14.4. The second kappa shape index (κ2) is 6.92. The van der Waals surface area contributed by atoms with Gasteiger partial charge in [0, 0.05) is 18.0 Å². The summed E-state index contributed by atoms with van der Waals surface area (Å²) in [6, 6.07) is 5.40. The van der Waals surface area contributed by atoms with Gasteiger partial charge in [-0.25, -0.2) is 5.84 Å². The summed E-state index contributed by atoms with van der Waals surface area (Å²) < 4.78 is 7.17. The Morgan fingerprint density at radius 3 is 3.10 bits per heavy atom. The highest BCUT2D eigenvalue weighted by atomic mass is 32.2. The number of pyridine rings is 1. The molecule has 0 bridgehead atoms. The summed E-state index contributed by atoms with van der Waals surface area (Å²) in [6.07, 6.45) is 3.49. The van der Waals surface area contributed by atoms with Gasteiger partial charge in [-0.15, -0.1) is 0 Å². The molecular formula is C12H15N5O2S. The number of nitrogen functional groups attached to an aromatic ring is 1. The lowest BCUT2D eigenvalue weighted by Gasteiger charge is -2.20. The van der Waals surface area contributed by atoms with Gasteiger partial charge in [-0.3, -0.25) is 15.2 Å². The van der Waals surface area contributed by atoms with Gasteiger partial charge in [-0.2, -0.15) is 0 Å². The molecule has 0 aliphatic heterocycles. The van der Waals surface area contributed by atoms with Crippen molar-refractivity contribution in [1.29, 1.82) is 0 Å². The maximum atomic E-state index is 11.3. The molecule has 0 saturated carbocycles. The van der Waals surface area contributed by atoms with E-state index in [0.717, 1.165) is 11.4 Å². The first-order chi connectivity index (χ1) is 9.74. The van der Waals surface area contributed by atoms with Crippen LogP contribution in [0.15, 0.2) is 35.1 Å². The van der Waals surface area contributed by atoms with Crippen LogP contribution in [0, 0.1) is 0 Å². The summed E-state index contributed by atoms with van der Waals surface area (Å²) in [4.78, 5) is 15.4. The van der Waals surface area contributed by atoms with Crippen molar-refractivity contribution in [3.05, 3.63) is 42.0 Å². The van der Waals surface area contributed by atoms with Crippen molar-refractivity contribution in [3.8, 4) is 0 Å². The highest BCUT2D eigenvalue weighted by Gasteiger charge is 2.15. The van der Waals surface area contributed by atoms with Gasteiger partial charge in [-0.1, -0.05) is 12.1 Å². The van der Waals surface area contributed by atoms with E-state index in [-0.39, 0.29) is 5.69 Å². The van der Waals surface area contributed by atoms with Crippen LogP contribution in [-0.2, 0) is 6.54 Å². The number of hydrazine groups is 1. The lowest BCUT2D eigenvalue weighted by molar-refractivity contribution is 0.0944.